The molecular weight excluding hydrogens is 210 g/mol. The molecule has 0 aliphatic heterocycles. The molecule has 76 valence electrons. The van der Waals surface area contributed by atoms with Crippen molar-refractivity contribution in [3.63, 3.8) is 0 Å². The minimum absolute atomic E-state index is 0.0140. The number of hydrogen-bond donors (Lipinski definition) is 2. The molecule has 0 amide bonds. The summed E-state index contributed by atoms with van der Waals surface area (Å²) in [7, 11) is -4.44. The van der Waals surface area contributed by atoms with Crippen LogP contribution in [0.15, 0.2) is 24.3 Å². The number of carbonyl (C=O) groups is 1. The van der Waals surface area contributed by atoms with E-state index in [4.69, 9.17) is 4.55 Å². The average Bonchev–Trinajstić information content (AvgIpc) is 2.14. The number of hydrogen-bond acceptors (Lipinski definition) is 4. The van der Waals surface area contributed by atoms with Gasteiger partial charge < -0.3 is 4.84 Å². The lowest BCUT2D eigenvalue weighted by molar-refractivity contribution is 0.111. The van der Waals surface area contributed by atoms with Gasteiger partial charge in [0.1, 0.15) is 0 Å². The fraction of sp³-hybridized carbons (Fsp3) is 0. The minimum atomic E-state index is -4.44. The van der Waals surface area contributed by atoms with Crippen LogP contribution in [-0.2, 0) is 10.3 Å². The summed E-state index contributed by atoms with van der Waals surface area (Å²) >= 11 is 0. The summed E-state index contributed by atoms with van der Waals surface area (Å²) in [6, 6.07) is 5.95. The third-order valence-electron chi connectivity index (χ3n) is 1.30. The molecule has 0 unspecified atom stereocenters. The van der Waals surface area contributed by atoms with Gasteiger partial charge in [-0.25, -0.2) is 0 Å². The Morgan fingerprint density at radius 1 is 1.36 bits per heavy atom. The fourth-order valence-corrected chi connectivity index (χ4v) is 0.963. The second kappa shape index (κ2) is 4.18. The SMILES string of the molecule is O=Cc1ccccc1ONS(=O)(=O)O. The molecule has 0 spiro atoms. The number of nitrogens with one attached hydrogen (secondary N) is 1. The highest BCUT2D eigenvalue weighted by molar-refractivity contribution is 7.83. The smallest absolute Gasteiger partial charge is 0.364 e. The largest absolute Gasteiger partial charge is 0.391 e. The first-order chi connectivity index (χ1) is 6.53. The zero-order chi connectivity index (χ0) is 10.6. The zero-order valence-electron chi connectivity index (χ0n) is 6.88. The average molecular weight is 217 g/mol. The second-order valence-corrected chi connectivity index (χ2v) is 3.43. The summed E-state index contributed by atoms with van der Waals surface area (Å²) in [5.41, 5.74) is 0.170. The molecule has 0 saturated carbocycles. The van der Waals surface area contributed by atoms with Crippen molar-refractivity contribution >= 4 is 16.6 Å². The van der Waals surface area contributed by atoms with E-state index in [1.807, 2.05) is 0 Å². The lowest BCUT2D eigenvalue weighted by atomic mass is 10.2. The van der Waals surface area contributed by atoms with E-state index in [0.29, 0.717) is 6.29 Å². The Hall–Kier alpha value is -1.44. The third-order valence-corrected chi connectivity index (χ3v) is 1.60. The molecule has 0 bridgehead atoms. The van der Waals surface area contributed by atoms with E-state index in [1.165, 1.54) is 17.0 Å². The minimum Gasteiger partial charge on any atom is -0.391 e. The van der Waals surface area contributed by atoms with E-state index in [1.54, 1.807) is 12.1 Å². The first-order valence-corrected chi connectivity index (χ1v) is 4.92. The van der Waals surface area contributed by atoms with Crippen LogP contribution in [0, 0.1) is 0 Å². The topological polar surface area (TPSA) is 92.7 Å². The Morgan fingerprint density at radius 2 is 2.00 bits per heavy atom. The predicted molar refractivity (Wildman–Crippen MR) is 47.1 cm³/mol. The number of carbonyl (C=O) groups excluding carboxylic acids is 1. The van der Waals surface area contributed by atoms with Crippen LogP contribution in [0.4, 0.5) is 0 Å². The zero-order valence-corrected chi connectivity index (χ0v) is 7.69. The van der Waals surface area contributed by atoms with Crippen LogP contribution in [0.25, 0.3) is 0 Å². The van der Waals surface area contributed by atoms with E-state index < -0.39 is 10.3 Å². The maximum atomic E-state index is 10.4. The van der Waals surface area contributed by atoms with Crippen LogP contribution in [0.3, 0.4) is 0 Å². The van der Waals surface area contributed by atoms with Gasteiger partial charge in [-0.3, -0.25) is 9.35 Å². The lowest BCUT2D eigenvalue weighted by Crippen LogP contribution is -2.26. The van der Waals surface area contributed by atoms with Crippen LogP contribution in [0.2, 0.25) is 0 Å². The molecule has 1 aromatic carbocycles. The van der Waals surface area contributed by atoms with Crippen molar-refractivity contribution < 1.29 is 22.6 Å². The van der Waals surface area contributed by atoms with Crippen molar-refractivity contribution in [1.29, 1.82) is 0 Å². The molecule has 0 fully saturated rings. The van der Waals surface area contributed by atoms with Gasteiger partial charge in [-0.05, 0) is 17.0 Å². The molecule has 7 heteroatoms. The van der Waals surface area contributed by atoms with E-state index >= 15 is 0 Å². The normalized spacial score (nSPS) is 10.9. The summed E-state index contributed by atoms with van der Waals surface area (Å²) in [4.78, 5) is 16.3. The maximum absolute atomic E-state index is 10.4. The quantitative estimate of drug-likeness (QED) is 0.426. The summed E-state index contributed by atoms with van der Waals surface area (Å²) in [6.07, 6.45) is 0.501. The van der Waals surface area contributed by atoms with E-state index in [2.05, 4.69) is 4.84 Å². The number of rotatable bonds is 4. The first kappa shape index (κ1) is 10.6. The van der Waals surface area contributed by atoms with Gasteiger partial charge in [-0.1, -0.05) is 12.1 Å². The number of benzene rings is 1. The van der Waals surface area contributed by atoms with Crippen molar-refractivity contribution in [1.82, 2.24) is 4.89 Å². The fourth-order valence-electron chi connectivity index (χ4n) is 0.768. The summed E-state index contributed by atoms with van der Waals surface area (Å²) in [5.74, 6) is 0.0140. The van der Waals surface area contributed by atoms with Gasteiger partial charge in [-0.15, -0.1) is 0 Å². The Morgan fingerprint density at radius 3 is 2.57 bits per heavy atom. The second-order valence-electron chi connectivity index (χ2n) is 2.32. The van der Waals surface area contributed by atoms with Gasteiger partial charge in [-0.2, -0.15) is 8.42 Å². The highest BCUT2D eigenvalue weighted by atomic mass is 32.2. The van der Waals surface area contributed by atoms with Crippen LogP contribution in [0.1, 0.15) is 10.4 Å². The molecule has 0 aromatic heterocycles. The van der Waals surface area contributed by atoms with Crippen molar-refractivity contribution in [3.05, 3.63) is 29.8 Å². The highest BCUT2D eigenvalue weighted by Crippen LogP contribution is 2.14. The number of aldehydes is 1. The molecule has 1 rings (SSSR count). The van der Waals surface area contributed by atoms with Gasteiger partial charge in [0.25, 0.3) is 0 Å². The molecule has 2 N–H and O–H groups in total. The molecular formula is C7H7NO5S. The summed E-state index contributed by atoms with van der Waals surface area (Å²) in [6.45, 7) is 0. The van der Waals surface area contributed by atoms with Crippen LogP contribution in [0.5, 0.6) is 5.75 Å². The molecule has 0 atom stereocenters. The Bertz CT molecular complexity index is 427. The number of para-hydroxylation sites is 1. The van der Waals surface area contributed by atoms with Gasteiger partial charge >= 0.3 is 10.3 Å². The van der Waals surface area contributed by atoms with Crippen molar-refractivity contribution in [3.8, 4) is 5.75 Å². The van der Waals surface area contributed by atoms with Crippen molar-refractivity contribution in [2.75, 3.05) is 0 Å². The van der Waals surface area contributed by atoms with E-state index in [-0.39, 0.29) is 11.3 Å². The summed E-state index contributed by atoms with van der Waals surface area (Å²) in [5, 5.41) is 0. The van der Waals surface area contributed by atoms with Gasteiger partial charge in [0.05, 0.1) is 5.56 Å². The van der Waals surface area contributed by atoms with E-state index in [0.717, 1.165) is 0 Å². The van der Waals surface area contributed by atoms with Crippen LogP contribution >= 0.6 is 0 Å². The summed E-state index contributed by atoms with van der Waals surface area (Å²) < 4.78 is 28.8. The highest BCUT2D eigenvalue weighted by Gasteiger charge is 2.06. The monoisotopic (exact) mass is 217 g/mol. The van der Waals surface area contributed by atoms with E-state index in [9.17, 15) is 13.2 Å². The Kier molecular flexibility index (Phi) is 3.18. The maximum Gasteiger partial charge on any atom is 0.364 e. The molecule has 14 heavy (non-hydrogen) atoms. The molecule has 6 nitrogen and oxygen atoms in total. The molecule has 0 heterocycles. The standard InChI is InChI=1S/C7H7NO5S/c9-5-6-3-1-2-4-7(6)13-8-14(10,11)12/h1-5,8H,(H,10,11,12). The molecule has 0 aliphatic rings. The molecule has 0 aliphatic carbocycles. The Labute approximate surface area is 80.3 Å². The first-order valence-electron chi connectivity index (χ1n) is 3.48. The molecule has 0 saturated heterocycles. The Balaban J connectivity index is 2.81. The van der Waals surface area contributed by atoms with Crippen molar-refractivity contribution in [2.24, 2.45) is 0 Å². The molecule has 1 aromatic rings. The van der Waals surface area contributed by atoms with Crippen LogP contribution < -0.4 is 9.72 Å². The van der Waals surface area contributed by atoms with Gasteiger partial charge in [0.15, 0.2) is 12.0 Å². The predicted octanol–water partition coefficient (Wildman–Crippen LogP) is 0.185. The van der Waals surface area contributed by atoms with Gasteiger partial charge in [0.2, 0.25) is 0 Å². The van der Waals surface area contributed by atoms with Crippen LogP contribution in [-0.4, -0.2) is 19.3 Å². The van der Waals surface area contributed by atoms with Gasteiger partial charge in [0, 0.05) is 0 Å². The lowest BCUT2D eigenvalue weighted by Gasteiger charge is -2.05. The molecule has 0 radical (unpaired) electrons. The third kappa shape index (κ3) is 3.13. The van der Waals surface area contributed by atoms with Crippen molar-refractivity contribution in [2.45, 2.75) is 0 Å².